The van der Waals surface area contributed by atoms with Gasteiger partial charge < -0.3 is 10.5 Å². The van der Waals surface area contributed by atoms with E-state index in [4.69, 9.17) is 10.5 Å². The monoisotopic (exact) mass is 384 g/mol. The summed E-state index contributed by atoms with van der Waals surface area (Å²) >= 11 is 0. The van der Waals surface area contributed by atoms with Crippen LogP contribution in [0.3, 0.4) is 0 Å². The molecule has 0 amide bonds. The number of benzene rings is 2. The molecule has 1 fully saturated rings. The van der Waals surface area contributed by atoms with Crippen LogP contribution in [0.5, 0.6) is 5.75 Å². The number of ether oxygens (including phenoxy) is 1. The first-order valence-electron chi connectivity index (χ1n) is 8.40. The van der Waals surface area contributed by atoms with Gasteiger partial charge in [-0.25, -0.2) is 17.2 Å². The topological polar surface area (TPSA) is 72.6 Å². The van der Waals surface area contributed by atoms with E-state index in [0.717, 1.165) is 0 Å². The average Bonchev–Trinajstić information content (AvgIpc) is 3.03. The Bertz CT molecular complexity index is 904. The number of nitrogens with two attached hydrogens (primary N) is 1. The molecule has 1 unspecified atom stereocenters. The summed E-state index contributed by atoms with van der Waals surface area (Å²) < 4.78 is 57.8. The molecular formula is C18H22F2N2O3S. The van der Waals surface area contributed by atoms with Gasteiger partial charge in [-0.3, -0.25) is 0 Å². The molecule has 8 heteroatoms. The minimum atomic E-state index is -3.72. The number of sulfonamides is 1. The molecule has 0 saturated carbocycles. The molecule has 0 bridgehead atoms. The standard InChI is InChI=1S/C18H22F2N2O3S/c1-18(11-21)8-9-22(12-18)26(23,24)16-7-6-15(25-10-17(19)20)13-4-2-3-5-14(13)16/h2-7,17H,8-12,21H2,1H3. The van der Waals surface area contributed by atoms with Crippen molar-refractivity contribution in [2.45, 2.75) is 24.7 Å². The molecule has 1 saturated heterocycles. The van der Waals surface area contributed by atoms with E-state index < -0.39 is 23.1 Å². The highest BCUT2D eigenvalue weighted by Crippen LogP contribution is 2.36. The molecule has 2 N–H and O–H groups in total. The van der Waals surface area contributed by atoms with Crippen molar-refractivity contribution in [1.29, 1.82) is 0 Å². The van der Waals surface area contributed by atoms with Crippen molar-refractivity contribution in [3.8, 4) is 5.75 Å². The number of rotatable bonds is 6. The number of nitrogens with zero attached hydrogens (tertiary/aromatic N) is 1. The Balaban J connectivity index is 2.02. The predicted molar refractivity (Wildman–Crippen MR) is 96.0 cm³/mol. The molecule has 26 heavy (non-hydrogen) atoms. The summed E-state index contributed by atoms with van der Waals surface area (Å²) in [6.45, 7) is 2.43. The van der Waals surface area contributed by atoms with Gasteiger partial charge in [-0.1, -0.05) is 31.2 Å². The molecule has 2 aromatic rings. The van der Waals surface area contributed by atoms with Crippen LogP contribution in [0, 0.1) is 5.41 Å². The van der Waals surface area contributed by atoms with Crippen molar-refractivity contribution in [3.05, 3.63) is 36.4 Å². The van der Waals surface area contributed by atoms with Crippen molar-refractivity contribution in [2.24, 2.45) is 11.1 Å². The fourth-order valence-electron chi connectivity index (χ4n) is 3.24. The van der Waals surface area contributed by atoms with Crippen LogP contribution in [0.2, 0.25) is 0 Å². The minimum Gasteiger partial charge on any atom is -0.487 e. The van der Waals surface area contributed by atoms with Gasteiger partial charge in [0.2, 0.25) is 10.0 Å². The van der Waals surface area contributed by atoms with Gasteiger partial charge in [0.25, 0.3) is 6.43 Å². The van der Waals surface area contributed by atoms with Crippen molar-refractivity contribution in [2.75, 3.05) is 26.2 Å². The molecule has 3 rings (SSSR count). The molecule has 5 nitrogen and oxygen atoms in total. The molecule has 0 spiro atoms. The lowest BCUT2D eigenvalue weighted by Gasteiger charge is -2.23. The van der Waals surface area contributed by atoms with E-state index in [1.807, 2.05) is 6.92 Å². The lowest BCUT2D eigenvalue weighted by molar-refractivity contribution is 0.0826. The van der Waals surface area contributed by atoms with E-state index in [1.54, 1.807) is 24.3 Å². The Morgan fingerprint density at radius 3 is 2.54 bits per heavy atom. The van der Waals surface area contributed by atoms with Crippen LogP contribution in [-0.4, -0.2) is 45.4 Å². The third kappa shape index (κ3) is 3.54. The minimum absolute atomic E-state index is 0.152. The normalized spacial score (nSPS) is 21.6. The van der Waals surface area contributed by atoms with E-state index in [2.05, 4.69) is 0 Å². The van der Waals surface area contributed by atoms with Crippen LogP contribution in [0.1, 0.15) is 13.3 Å². The fourth-order valence-corrected chi connectivity index (χ4v) is 5.02. The second kappa shape index (κ2) is 7.09. The Labute approximate surface area is 151 Å². The fraction of sp³-hybridized carbons (Fsp3) is 0.444. The molecule has 0 aliphatic carbocycles. The number of alkyl halides is 2. The van der Waals surface area contributed by atoms with Gasteiger partial charge in [-0.2, -0.15) is 4.31 Å². The molecule has 1 atom stereocenters. The molecule has 1 aliphatic rings. The lowest BCUT2D eigenvalue weighted by atomic mass is 9.90. The first kappa shape index (κ1) is 19.0. The van der Waals surface area contributed by atoms with Gasteiger partial charge in [0.1, 0.15) is 12.4 Å². The van der Waals surface area contributed by atoms with Gasteiger partial charge in [-0.05, 0) is 30.5 Å². The van der Waals surface area contributed by atoms with E-state index in [-0.39, 0.29) is 16.1 Å². The van der Waals surface area contributed by atoms with Crippen LogP contribution in [0.25, 0.3) is 10.8 Å². The highest BCUT2D eigenvalue weighted by Gasteiger charge is 2.39. The van der Waals surface area contributed by atoms with Crippen LogP contribution in [-0.2, 0) is 10.0 Å². The van der Waals surface area contributed by atoms with Crippen molar-refractivity contribution in [3.63, 3.8) is 0 Å². The largest absolute Gasteiger partial charge is 0.487 e. The third-order valence-corrected chi connectivity index (χ3v) is 6.75. The molecule has 1 aliphatic heterocycles. The van der Waals surface area contributed by atoms with Crippen molar-refractivity contribution >= 4 is 20.8 Å². The van der Waals surface area contributed by atoms with Crippen LogP contribution in [0.15, 0.2) is 41.3 Å². The lowest BCUT2D eigenvalue weighted by Crippen LogP contribution is -2.34. The average molecular weight is 384 g/mol. The smallest absolute Gasteiger partial charge is 0.272 e. The predicted octanol–water partition coefficient (Wildman–Crippen LogP) is 2.84. The summed E-state index contributed by atoms with van der Waals surface area (Å²) in [5, 5.41) is 0.954. The van der Waals surface area contributed by atoms with E-state index in [9.17, 15) is 17.2 Å². The highest BCUT2D eigenvalue weighted by molar-refractivity contribution is 7.89. The Kier molecular flexibility index (Phi) is 5.18. The maximum atomic E-state index is 13.2. The van der Waals surface area contributed by atoms with Gasteiger partial charge >= 0.3 is 0 Å². The summed E-state index contributed by atoms with van der Waals surface area (Å²) in [7, 11) is -3.72. The van der Waals surface area contributed by atoms with Crippen molar-refractivity contribution < 1.29 is 21.9 Å². The van der Waals surface area contributed by atoms with E-state index in [1.165, 1.54) is 16.4 Å². The summed E-state index contributed by atoms with van der Waals surface area (Å²) in [5.41, 5.74) is 5.55. The number of fused-ring (bicyclic) bond motifs is 1. The van der Waals surface area contributed by atoms with Gasteiger partial charge in [0.15, 0.2) is 0 Å². The maximum Gasteiger partial charge on any atom is 0.272 e. The van der Waals surface area contributed by atoms with Gasteiger partial charge in [-0.15, -0.1) is 0 Å². The van der Waals surface area contributed by atoms with Crippen LogP contribution in [0.4, 0.5) is 8.78 Å². The first-order valence-corrected chi connectivity index (χ1v) is 9.84. The molecular weight excluding hydrogens is 362 g/mol. The second-order valence-corrected chi connectivity index (χ2v) is 8.82. The summed E-state index contributed by atoms with van der Waals surface area (Å²) in [4.78, 5) is 0.152. The zero-order valence-electron chi connectivity index (χ0n) is 14.5. The summed E-state index contributed by atoms with van der Waals surface area (Å²) in [5.74, 6) is 0.244. The van der Waals surface area contributed by atoms with Crippen LogP contribution >= 0.6 is 0 Å². The van der Waals surface area contributed by atoms with Gasteiger partial charge in [0.05, 0.1) is 4.90 Å². The third-order valence-electron chi connectivity index (χ3n) is 4.84. The molecule has 142 valence electrons. The van der Waals surface area contributed by atoms with Gasteiger partial charge in [0, 0.05) is 23.9 Å². The second-order valence-electron chi connectivity index (χ2n) is 6.91. The number of halogens is 2. The Hall–Kier alpha value is -1.77. The van der Waals surface area contributed by atoms with Crippen LogP contribution < -0.4 is 10.5 Å². The molecule has 0 radical (unpaired) electrons. The van der Waals surface area contributed by atoms with Crippen molar-refractivity contribution in [1.82, 2.24) is 4.31 Å². The number of hydrogen-bond acceptors (Lipinski definition) is 4. The number of hydrogen-bond donors (Lipinski definition) is 1. The zero-order chi connectivity index (χ0) is 18.9. The Morgan fingerprint density at radius 1 is 1.23 bits per heavy atom. The summed E-state index contributed by atoms with van der Waals surface area (Å²) in [6.07, 6.45) is -1.90. The SMILES string of the molecule is CC1(CN)CCN(S(=O)(=O)c2ccc(OCC(F)F)c3ccccc23)C1. The maximum absolute atomic E-state index is 13.2. The zero-order valence-corrected chi connectivity index (χ0v) is 15.3. The quantitative estimate of drug-likeness (QED) is 0.831. The molecule has 1 heterocycles. The Morgan fingerprint density at radius 2 is 1.92 bits per heavy atom. The van der Waals surface area contributed by atoms with E-state index >= 15 is 0 Å². The highest BCUT2D eigenvalue weighted by atomic mass is 32.2. The summed E-state index contributed by atoms with van der Waals surface area (Å²) in [6, 6.07) is 9.63. The van der Waals surface area contributed by atoms with E-state index in [0.29, 0.717) is 36.8 Å². The first-order chi connectivity index (χ1) is 12.3. The molecule has 2 aromatic carbocycles. The molecule has 0 aromatic heterocycles.